The molecule has 0 spiro atoms. The molecule has 0 fully saturated rings. The minimum Gasteiger partial charge on any atom is -0.384 e. The van der Waals surface area contributed by atoms with E-state index in [1.807, 2.05) is 51.1 Å². The summed E-state index contributed by atoms with van der Waals surface area (Å²) in [6.45, 7) is 6.52. The first-order chi connectivity index (χ1) is 12.4. The highest BCUT2D eigenvalue weighted by atomic mass is 16.1. The Morgan fingerprint density at radius 2 is 1.88 bits per heavy atom. The second-order valence-corrected chi connectivity index (χ2v) is 6.72. The number of fused-ring (bicyclic) bond motifs is 1. The van der Waals surface area contributed by atoms with Crippen LogP contribution < -0.4 is 11.1 Å². The number of rotatable bonds is 6. The van der Waals surface area contributed by atoms with Crippen molar-refractivity contribution < 1.29 is 9.59 Å². The Morgan fingerprint density at radius 1 is 1.19 bits per heavy atom. The van der Waals surface area contributed by atoms with E-state index < -0.39 is 5.91 Å². The Morgan fingerprint density at radius 3 is 2.50 bits per heavy atom. The number of carbonyl (C=O) groups is 2. The molecular weight excluding hydrogens is 326 g/mol. The number of benzene rings is 2. The van der Waals surface area contributed by atoms with Crippen molar-refractivity contribution in [3.05, 3.63) is 53.2 Å². The van der Waals surface area contributed by atoms with Gasteiger partial charge in [0.1, 0.15) is 6.29 Å². The summed E-state index contributed by atoms with van der Waals surface area (Å²) >= 11 is 0. The topological polar surface area (TPSA) is 88.0 Å². The van der Waals surface area contributed by atoms with Gasteiger partial charge in [-0.15, -0.1) is 0 Å². The van der Waals surface area contributed by atoms with E-state index in [-0.39, 0.29) is 5.92 Å². The summed E-state index contributed by atoms with van der Waals surface area (Å²) in [5.41, 5.74) is 12.0. The van der Waals surface area contributed by atoms with Crippen LogP contribution in [0.4, 0.5) is 5.69 Å². The largest absolute Gasteiger partial charge is 0.384 e. The van der Waals surface area contributed by atoms with Crippen LogP contribution in [-0.2, 0) is 4.79 Å². The van der Waals surface area contributed by atoms with E-state index in [1.54, 1.807) is 6.07 Å². The number of carbonyl (C=O) groups excluding carboxylic acids is 2. The van der Waals surface area contributed by atoms with Gasteiger partial charge in [-0.05, 0) is 48.7 Å². The van der Waals surface area contributed by atoms with Crippen molar-refractivity contribution in [3.63, 3.8) is 0 Å². The minimum atomic E-state index is -0.438. The lowest BCUT2D eigenvalue weighted by atomic mass is 9.96. The molecule has 4 N–H and O–H groups in total. The average Bonchev–Trinajstić information content (AvgIpc) is 2.94. The maximum atomic E-state index is 11.7. The van der Waals surface area contributed by atoms with Crippen molar-refractivity contribution in [2.75, 3.05) is 11.9 Å². The monoisotopic (exact) mass is 349 g/mol. The molecule has 3 rings (SSSR count). The fourth-order valence-electron chi connectivity index (χ4n) is 3.13. The molecule has 5 heteroatoms. The molecule has 0 aliphatic carbocycles. The molecule has 0 bridgehead atoms. The maximum Gasteiger partial charge on any atom is 0.250 e. The molecule has 1 aromatic heterocycles. The molecule has 1 unspecified atom stereocenters. The van der Waals surface area contributed by atoms with Crippen LogP contribution >= 0.6 is 0 Å². The molecule has 0 saturated heterocycles. The van der Waals surface area contributed by atoms with Crippen molar-refractivity contribution in [1.29, 1.82) is 0 Å². The van der Waals surface area contributed by atoms with E-state index in [4.69, 9.17) is 5.73 Å². The predicted octanol–water partition coefficient (Wildman–Crippen LogP) is 3.80. The van der Waals surface area contributed by atoms with Gasteiger partial charge in [0.15, 0.2) is 0 Å². The molecule has 0 aliphatic heterocycles. The number of hydrogen-bond donors (Lipinski definition) is 3. The molecular formula is C21H23N3O2. The van der Waals surface area contributed by atoms with Gasteiger partial charge in [-0.2, -0.15) is 0 Å². The number of aldehydes is 1. The molecule has 134 valence electrons. The average molecular weight is 349 g/mol. The summed E-state index contributed by atoms with van der Waals surface area (Å²) in [6.07, 6.45) is 0.940. The molecule has 3 aromatic rings. The lowest BCUT2D eigenvalue weighted by molar-refractivity contribution is -0.110. The number of nitrogens with two attached hydrogens (primary N) is 1. The van der Waals surface area contributed by atoms with E-state index in [9.17, 15) is 9.59 Å². The van der Waals surface area contributed by atoms with Crippen LogP contribution in [0.3, 0.4) is 0 Å². The lowest BCUT2D eigenvalue weighted by Gasteiger charge is -2.11. The maximum absolute atomic E-state index is 11.7. The number of aryl methyl sites for hydroxylation is 2. The number of aromatic amines is 1. The van der Waals surface area contributed by atoms with Gasteiger partial charge in [0.25, 0.3) is 5.91 Å². The van der Waals surface area contributed by atoms with Crippen molar-refractivity contribution in [2.45, 2.75) is 20.8 Å². The third-order valence-corrected chi connectivity index (χ3v) is 4.78. The summed E-state index contributed by atoms with van der Waals surface area (Å²) < 4.78 is 0. The van der Waals surface area contributed by atoms with Gasteiger partial charge < -0.3 is 20.8 Å². The third kappa shape index (κ3) is 3.20. The van der Waals surface area contributed by atoms with Crippen LogP contribution in [0.5, 0.6) is 0 Å². The van der Waals surface area contributed by atoms with E-state index in [2.05, 4.69) is 10.3 Å². The minimum absolute atomic E-state index is 0.0267. The molecule has 0 aliphatic rings. The number of aromatic nitrogens is 1. The first kappa shape index (κ1) is 17.7. The number of anilines is 1. The number of hydrogen-bond acceptors (Lipinski definition) is 3. The molecule has 26 heavy (non-hydrogen) atoms. The van der Waals surface area contributed by atoms with Crippen LogP contribution in [-0.4, -0.2) is 23.7 Å². The Labute approximate surface area is 152 Å². The fraction of sp³-hybridized carbons (Fsp3) is 0.238. The quantitative estimate of drug-likeness (QED) is 0.592. The number of primary amides is 1. The number of amides is 1. The highest BCUT2D eigenvalue weighted by Crippen LogP contribution is 2.34. The zero-order valence-electron chi connectivity index (χ0n) is 15.2. The first-order valence-corrected chi connectivity index (χ1v) is 8.63. The predicted molar refractivity (Wildman–Crippen MR) is 105 cm³/mol. The summed E-state index contributed by atoms with van der Waals surface area (Å²) in [4.78, 5) is 25.8. The Bertz CT molecular complexity index is 971. The highest BCUT2D eigenvalue weighted by molar-refractivity contribution is 6.10. The molecule has 0 radical (unpaired) electrons. The van der Waals surface area contributed by atoms with E-state index in [0.717, 1.165) is 45.3 Å². The van der Waals surface area contributed by atoms with Gasteiger partial charge in [0, 0.05) is 29.2 Å². The lowest BCUT2D eigenvalue weighted by Crippen LogP contribution is -2.12. The molecule has 1 heterocycles. The second kappa shape index (κ2) is 7.04. The van der Waals surface area contributed by atoms with E-state index in [1.165, 1.54) is 0 Å². The summed E-state index contributed by atoms with van der Waals surface area (Å²) in [5, 5.41) is 4.27. The number of nitrogens with one attached hydrogen (secondary N) is 2. The summed E-state index contributed by atoms with van der Waals surface area (Å²) in [7, 11) is 0. The normalized spacial score (nSPS) is 12.1. The van der Waals surface area contributed by atoms with E-state index in [0.29, 0.717) is 12.1 Å². The number of H-pyrrole nitrogens is 1. The zero-order chi connectivity index (χ0) is 18.8. The first-order valence-electron chi connectivity index (χ1n) is 8.63. The van der Waals surface area contributed by atoms with E-state index >= 15 is 0 Å². The standard InChI is InChI=1S/C21H23N3O2/c1-12(11-25)10-23-16-6-4-15(5-7-16)17-8-9-18(21(22)26)20-19(17)13(2)14(3)24-20/h4-9,11-12,23-24H,10H2,1-3H3,(H2,22,26). The Balaban J connectivity index is 2.02. The van der Waals surface area contributed by atoms with Crippen LogP contribution in [0.2, 0.25) is 0 Å². The smallest absolute Gasteiger partial charge is 0.250 e. The van der Waals surface area contributed by atoms with Gasteiger partial charge in [0.2, 0.25) is 0 Å². The van der Waals surface area contributed by atoms with Crippen LogP contribution in [0, 0.1) is 19.8 Å². The van der Waals surface area contributed by atoms with Gasteiger partial charge in [-0.1, -0.05) is 25.1 Å². The molecule has 0 saturated carbocycles. The molecule has 2 aromatic carbocycles. The SMILES string of the molecule is Cc1[nH]c2c(C(N)=O)ccc(-c3ccc(NCC(C)C=O)cc3)c2c1C. The fourth-order valence-corrected chi connectivity index (χ4v) is 3.13. The third-order valence-electron chi connectivity index (χ3n) is 4.78. The van der Waals surface area contributed by atoms with Crippen molar-refractivity contribution in [1.82, 2.24) is 4.98 Å². The Kier molecular flexibility index (Phi) is 4.80. The van der Waals surface area contributed by atoms with Crippen molar-refractivity contribution >= 4 is 28.8 Å². The molecule has 5 nitrogen and oxygen atoms in total. The molecule has 1 atom stereocenters. The van der Waals surface area contributed by atoms with Crippen molar-refractivity contribution in [3.8, 4) is 11.1 Å². The highest BCUT2D eigenvalue weighted by Gasteiger charge is 2.16. The van der Waals surface area contributed by atoms with Crippen LogP contribution in [0.25, 0.3) is 22.0 Å². The summed E-state index contributed by atoms with van der Waals surface area (Å²) in [6, 6.07) is 11.8. The molecule has 1 amide bonds. The van der Waals surface area contributed by atoms with Gasteiger partial charge in [-0.3, -0.25) is 4.79 Å². The Hall–Kier alpha value is -3.08. The van der Waals surface area contributed by atoms with Gasteiger partial charge in [0.05, 0.1) is 11.1 Å². The van der Waals surface area contributed by atoms with Crippen LogP contribution in [0.1, 0.15) is 28.5 Å². The summed E-state index contributed by atoms with van der Waals surface area (Å²) in [5.74, 6) is -0.465. The van der Waals surface area contributed by atoms with Crippen LogP contribution in [0.15, 0.2) is 36.4 Å². The van der Waals surface area contributed by atoms with Gasteiger partial charge >= 0.3 is 0 Å². The van der Waals surface area contributed by atoms with Crippen molar-refractivity contribution in [2.24, 2.45) is 11.7 Å². The zero-order valence-corrected chi connectivity index (χ0v) is 15.2. The van der Waals surface area contributed by atoms with Gasteiger partial charge in [-0.25, -0.2) is 0 Å². The second-order valence-electron chi connectivity index (χ2n) is 6.72.